The van der Waals surface area contributed by atoms with Gasteiger partial charge in [-0.2, -0.15) is 0 Å². The fraction of sp³-hybridized carbons (Fsp3) is 0.538. The molecule has 1 saturated carbocycles. The highest BCUT2D eigenvalue weighted by Crippen LogP contribution is 2.28. The van der Waals surface area contributed by atoms with Crippen molar-refractivity contribution in [2.75, 3.05) is 17.6 Å². The summed E-state index contributed by atoms with van der Waals surface area (Å²) < 4.78 is 0.975. The zero-order chi connectivity index (χ0) is 12.3. The lowest BCUT2D eigenvalue weighted by molar-refractivity contribution is 0.0763. The maximum absolute atomic E-state index is 9.89. The molecular weight excluding hydrogens is 280 g/mol. The van der Waals surface area contributed by atoms with E-state index in [0.29, 0.717) is 5.92 Å². The first kappa shape index (κ1) is 12.7. The summed E-state index contributed by atoms with van der Waals surface area (Å²) in [4.78, 5) is 0. The fourth-order valence-electron chi connectivity index (χ4n) is 2.34. The molecule has 1 aromatic rings. The van der Waals surface area contributed by atoms with E-state index in [4.69, 9.17) is 5.73 Å². The SMILES string of the molecule is Nc1ccc(NCC2CCCCC2O)c(Br)c1. The maximum Gasteiger partial charge on any atom is 0.0585 e. The van der Waals surface area contributed by atoms with Gasteiger partial charge in [0.25, 0.3) is 0 Å². The number of aliphatic hydroxyl groups is 1. The molecule has 17 heavy (non-hydrogen) atoms. The molecule has 0 bridgehead atoms. The van der Waals surface area contributed by atoms with Crippen LogP contribution >= 0.6 is 15.9 Å². The van der Waals surface area contributed by atoms with Crippen LogP contribution in [-0.2, 0) is 0 Å². The standard InChI is InChI=1S/C13H19BrN2O/c14-11-7-10(15)5-6-12(11)16-8-9-3-1-2-4-13(9)17/h5-7,9,13,16-17H,1-4,8,15H2. The summed E-state index contributed by atoms with van der Waals surface area (Å²) in [6.07, 6.45) is 4.29. The van der Waals surface area contributed by atoms with Gasteiger partial charge in [-0.25, -0.2) is 0 Å². The summed E-state index contributed by atoms with van der Waals surface area (Å²) in [7, 11) is 0. The zero-order valence-corrected chi connectivity index (χ0v) is 11.4. The van der Waals surface area contributed by atoms with Gasteiger partial charge >= 0.3 is 0 Å². The van der Waals surface area contributed by atoms with E-state index in [-0.39, 0.29) is 6.10 Å². The molecule has 0 heterocycles. The van der Waals surface area contributed by atoms with E-state index < -0.39 is 0 Å². The predicted octanol–water partition coefficient (Wildman–Crippen LogP) is 2.99. The van der Waals surface area contributed by atoms with E-state index in [1.54, 1.807) is 0 Å². The van der Waals surface area contributed by atoms with Crippen LogP contribution in [0.15, 0.2) is 22.7 Å². The predicted molar refractivity (Wildman–Crippen MR) is 75.0 cm³/mol. The van der Waals surface area contributed by atoms with Crippen LogP contribution in [0.25, 0.3) is 0 Å². The van der Waals surface area contributed by atoms with Crippen molar-refractivity contribution in [2.45, 2.75) is 31.8 Å². The Morgan fingerprint density at radius 2 is 2.12 bits per heavy atom. The van der Waals surface area contributed by atoms with Gasteiger partial charge in [0.1, 0.15) is 0 Å². The van der Waals surface area contributed by atoms with Gasteiger partial charge in [0.2, 0.25) is 0 Å². The number of nitrogens with one attached hydrogen (secondary N) is 1. The molecule has 1 aromatic carbocycles. The third kappa shape index (κ3) is 3.36. The number of halogens is 1. The minimum atomic E-state index is -0.149. The zero-order valence-electron chi connectivity index (χ0n) is 9.82. The number of aliphatic hydroxyl groups excluding tert-OH is 1. The van der Waals surface area contributed by atoms with Crippen molar-refractivity contribution >= 4 is 27.3 Å². The molecule has 0 aliphatic heterocycles. The molecule has 2 rings (SSSR count). The monoisotopic (exact) mass is 298 g/mol. The van der Waals surface area contributed by atoms with Crippen LogP contribution in [-0.4, -0.2) is 17.8 Å². The molecule has 1 aliphatic carbocycles. The summed E-state index contributed by atoms with van der Waals surface area (Å²) in [5, 5.41) is 13.3. The number of anilines is 2. The largest absolute Gasteiger partial charge is 0.399 e. The molecule has 1 fully saturated rings. The van der Waals surface area contributed by atoms with Crippen molar-refractivity contribution in [3.63, 3.8) is 0 Å². The van der Waals surface area contributed by atoms with E-state index in [2.05, 4.69) is 21.2 Å². The number of benzene rings is 1. The van der Waals surface area contributed by atoms with Crippen molar-refractivity contribution < 1.29 is 5.11 Å². The summed E-state index contributed by atoms with van der Waals surface area (Å²) in [6.45, 7) is 0.823. The number of nitrogens with two attached hydrogens (primary N) is 1. The van der Waals surface area contributed by atoms with Crippen molar-refractivity contribution in [1.82, 2.24) is 0 Å². The minimum absolute atomic E-state index is 0.149. The molecule has 0 radical (unpaired) electrons. The fourth-order valence-corrected chi connectivity index (χ4v) is 2.88. The molecule has 0 spiro atoms. The third-order valence-corrected chi connectivity index (χ3v) is 4.07. The average Bonchev–Trinajstić information content (AvgIpc) is 2.30. The topological polar surface area (TPSA) is 58.3 Å². The van der Waals surface area contributed by atoms with Gasteiger partial charge in [-0.1, -0.05) is 12.8 Å². The molecule has 0 saturated heterocycles. The average molecular weight is 299 g/mol. The molecule has 3 nitrogen and oxygen atoms in total. The van der Waals surface area contributed by atoms with Crippen molar-refractivity contribution in [1.29, 1.82) is 0 Å². The lowest BCUT2D eigenvalue weighted by Gasteiger charge is -2.28. The van der Waals surface area contributed by atoms with E-state index in [1.165, 1.54) is 6.42 Å². The first-order valence-electron chi connectivity index (χ1n) is 6.14. The molecule has 0 aromatic heterocycles. The van der Waals surface area contributed by atoms with Gasteiger partial charge in [-0.05, 0) is 47.0 Å². The molecule has 0 amide bonds. The van der Waals surface area contributed by atoms with Crippen LogP contribution in [0, 0.1) is 5.92 Å². The number of hydrogen-bond acceptors (Lipinski definition) is 3. The molecule has 2 unspecified atom stereocenters. The second-order valence-corrected chi connectivity index (χ2v) is 5.59. The Morgan fingerprint density at radius 3 is 2.82 bits per heavy atom. The van der Waals surface area contributed by atoms with Crippen molar-refractivity contribution in [3.05, 3.63) is 22.7 Å². The highest BCUT2D eigenvalue weighted by molar-refractivity contribution is 9.10. The quantitative estimate of drug-likeness (QED) is 0.752. The van der Waals surface area contributed by atoms with Gasteiger partial charge < -0.3 is 16.2 Å². The molecular formula is C13H19BrN2O. The molecule has 4 heteroatoms. The Balaban J connectivity index is 1.92. The Morgan fingerprint density at radius 1 is 1.35 bits per heavy atom. The van der Waals surface area contributed by atoms with E-state index in [1.807, 2.05) is 18.2 Å². The van der Waals surface area contributed by atoms with E-state index in [0.717, 1.165) is 41.7 Å². The number of rotatable bonds is 3. The van der Waals surface area contributed by atoms with Crippen LogP contribution in [0.4, 0.5) is 11.4 Å². The molecule has 4 N–H and O–H groups in total. The minimum Gasteiger partial charge on any atom is -0.399 e. The van der Waals surface area contributed by atoms with Crippen LogP contribution in [0.1, 0.15) is 25.7 Å². The maximum atomic E-state index is 9.89. The lowest BCUT2D eigenvalue weighted by atomic mass is 9.86. The van der Waals surface area contributed by atoms with Crippen LogP contribution < -0.4 is 11.1 Å². The van der Waals surface area contributed by atoms with Gasteiger partial charge in [-0.3, -0.25) is 0 Å². The Kier molecular flexibility index (Phi) is 4.29. The van der Waals surface area contributed by atoms with Crippen molar-refractivity contribution in [3.8, 4) is 0 Å². The molecule has 1 aliphatic rings. The third-order valence-electron chi connectivity index (χ3n) is 3.42. The van der Waals surface area contributed by atoms with Gasteiger partial charge in [-0.15, -0.1) is 0 Å². The first-order valence-corrected chi connectivity index (χ1v) is 6.93. The van der Waals surface area contributed by atoms with Crippen molar-refractivity contribution in [2.24, 2.45) is 5.92 Å². The summed E-state index contributed by atoms with van der Waals surface area (Å²) in [6, 6.07) is 5.73. The molecule has 2 atom stereocenters. The van der Waals surface area contributed by atoms with E-state index >= 15 is 0 Å². The second kappa shape index (κ2) is 5.74. The first-order chi connectivity index (χ1) is 8.16. The Bertz CT molecular complexity index is 384. The summed E-state index contributed by atoms with van der Waals surface area (Å²) >= 11 is 3.48. The Hall–Kier alpha value is -0.740. The number of nitrogen functional groups attached to an aromatic ring is 1. The van der Waals surface area contributed by atoms with E-state index in [9.17, 15) is 5.11 Å². The van der Waals surface area contributed by atoms with Crippen LogP contribution in [0.3, 0.4) is 0 Å². The summed E-state index contributed by atoms with van der Waals surface area (Å²) in [5.74, 6) is 0.369. The van der Waals surface area contributed by atoms with Gasteiger partial charge in [0, 0.05) is 28.3 Å². The number of hydrogen-bond donors (Lipinski definition) is 3. The van der Waals surface area contributed by atoms with Crippen LogP contribution in [0.2, 0.25) is 0 Å². The lowest BCUT2D eigenvalue weighted by Crippen LogP contribution is -2.30. The molecule has 94 valence electrons. The normalized spacial score (nSPS) is 24.6. The van der Waals surface area contributed by atoms with Crippen LogP contribution in [0.5, 0.6) is 0 Å². The van der Waals surface area contributed by atoms with Gasteiger partial charge in [0.05, 0.1) is 6.10 Å². The van der Waals surface area contributed by atoms with Gasteiger partial charge in [0.15, 0.2) is 0 Å². The summed E-state index contributed by atoms with van der Waals surface area (Å²) in [5.41, 5.74) is 7.48. The second-order valence-electron chi connectivity index (χ2n) is 4.73. The highest BCUT2D eigenvalue weighted by atomic mass is 79.9. The Labute approximate surface area is 111 Å². The highest BCUT2D eigenvalue weighted by Gasteiger charge is 2.22. The smallest absolute Gasteiger partial charge is 0.0585 e.